The zero-order valence-corrected chi connectivity index (χ0v) is 10.9. The van der Waals surface area contributed by atoms with Gasteiger partial charge in [-0.3, -0.25) is 4.79 Å². The van der Waals surface area contributed by atoms with Crippen LogP contribution in [0.15, 0.2) is 0 Å². The third-order valence-electron chi connectivity index (χ3n) is 2.83. The minimum Gasteiger partial charge on any atom is -0.480 e. The van der Waals surface area contributed by atoms with Gasteiger partial charge in [0.05, 0.1) is 11.9 Å². The van der Waals surface area contributed by atoms with Gasteiger partial charge in [0.15, 0.2) is 0 Å². The summed E-state index contributed by atoms with van der Waals surface area (Å²) in [5.74, 6) is -1.03. The fourth-order valence-corrected chi connectivity index (χ4v) is 3.79. The number of sulfonamides is 1. The van der Waals surface area contributed by atoms with Crippen LogP contribution in [-0.2, 0) is 14.8 Å². The van der Waals surface area contributed by atoms with Crippen LogP contribution < -0.4 is 0 Å². The van der Waals surface area contributed by atoms with Gasteiger partial charge in [-0.15, -0.1) is 0 Å². The number of aliphatic hydroxyl groups is 1. The summed E-state index contributed by atoms with van der Waals surface area (Å²) in [6.45, 7) is 3.70. The summed E-state index contributed by atoms with van der Waals surface area (Å²) in [4.78, 5) is 10.9. The number of hydrogen-bond acceptors (Lipinski definition) is 4. The second kappa shape index (κ2) is 5.32. The average Bonchev–Trinajstić information content (AvgIpc) is 2.58. The van der Waals surface area contributed by atoms with Crippen LogP contribution >= 0.6 is 0 Å². The van der Waals surface area contributed by atoms with E-state index in [1.807, 2.05) is 13.8 Å². The second-order valence-electron chi connectivity index (χ2n) is 4.81. The molecule has 1 fully saturated rings. The van der Waals surface area contributed by atoms with Crippen LogP contribution in [0.4, 0.5) is 0 Å². The zero-order valence-electron chi connectivity index (χ0n) is 10.0. The molecule has 1 aliphatic heterocycles. The summed E-state index contributed by atoms with van der Waals surface area (Å²) in [6, 6.07) is -1.12. The zero-order chi connectivity index (χ0) is 13.2. The Bertz CT molecular complexity index is 378. The van der Waals surface area contributed by atoms with Crippen molar-refractivity contribution >= 4 is 16.0 Å². The predicted octanol–water partition coefficient (Wildman–Crippen LogP) is -0.118. The monoisotopic (exact) mass is 265 g/mol. The number of aliphatic hydroxyl groups excluding tert-OH is 1. The molecule has 0 amide bonds. The van der Waals surface area contributed by atoms with Gasteiger partial charge in [0.25, 0.3) is 0 Å². The lowest BCUT2D eigenvalue weighted by Crippen LogP contribution is -2.41. The molecule has 0 aromatic rings. The standard InChI is InChI=1S/C10H19NO5S/c1-7(2)3-4-17(15,16)11-6-8(12)5-9(11)10(13)14/h7-9,12H,3-6H2,1-2H3,(H,13,14)/t8-,9-/m0/s1. The molecule has 0 unspecified atom stereocenters. The van der Waals surface area contributed by atoms with Crippen LogP contribution in [0.5, 0.6) is 0 Å². The van der Waals surface area contributed by atoms with Crippen LogP contribution in [0.25, 0.3) is 0 Å². The first-order valence-electron chi connectivity index (χ1n) is 5.64. The fourth-order valence-electron chi connectivity index (χ4n) is 1.82. The Morgan fingerprint density at radius 2 is 2.06 bits per heavy atom. The normalized spacial score (nSPS) is 26.6. The largest absolute Gasteiger partial charge is 0.480 e. The lowest BCUT2D eigenvalue weighted by Gasteiger charge is -2.21. The maximum absolute atomic E-state index is 11.9. The van der Waals surface area contributed by atoms with Crippen molar-refractivity contribution in [1.82, 2.24) is 4.31 Å². The van der Waals surface area contributed by atoms with E-state index in [9.17, 15) is 18.3 Å². The third kappa shape index (κ3) is 3.65. The number of rotatable bonds is 5. The molecule has 0 bridgehead atoms. The van der Waals surface area contributed by atoms with Crippen LogP contribution in [0, 0.1) is 5.92 Å². The SMILES string of the molecule is CC(C)CCS(=O)(=O)N1C[C@@H](O)C[C@H]1C(=O)O. The van der Waals surface area contributed by atoms with Crippen molar-refractivity contribution in [2.45, 2.75) is 38.8 Å². The van der Waals surface area contributed by atoms with E-state index < -0.39 is 28.1 Å². The first-order valence-corrected chi connectivity index (χ1v) is 7.25. The number of nitrogens with zero attached hydrogens (tertiary/aromatic N) is 1. The van der Waals surface area contributed by atoms with Gasteiger partial charge in [-0.05, 0) is 12.3 Å². The molecule has 6 nitrogen and oxygen atoms in total. The molecular weight excluding hydrogens is 246 g/mol. The number of carboxylic acids is 1. The van der Waals surface area contributed by atoms with Crippen molar-refractivity contribution in [1.29, 1.82) is 0 Å². The highest BCUT2D eigenvalue weighted by molar-refractivity contribution is 7.89. The predicted molar refractivity (Wildman–Crippen MR) is 62.0 cm³/mol. The number of carbonyl (C=O) groups is 1. The highest BCUT2D eigenvalue weighted by atomic mass is 32.2. The molecule has 7 heteroatoms. The molecule has 0 saturated carbocycles. The first-order chi connectivity index (χ1) is 7.74. The topological polar surface area (TPSA) is 94.9 Å². The van der Waals surface area contributed by atoms with Gasteiger partial charge in [0.1, 0.15) is 6.04 Å². The van der Waals surface area contributed by atoms with Crippen LogP contribution in [0.3, 0.4) is 0 Å². The van der Waals surface area contributed by atoms with Gasteiger partial charge in [0.2, 0.25) is 10.0 Å². The Kier molecular flexibility index (Phi) is 4.51. The molecule has 0 aromatic carbocycles. The van der Waals surface area contributed by atoms with Crippen molar-refractivity contribution in [3.05, 3.63) is 0 Å². The van der Waals surface area contributed by atoms with E-state index in [-0.39, 0.29) is 24.6 Å². The summed E-state index contributed by atoms with van der Waals surface area (Å²) in [5.41, 5.74) is 0. The van der Waals surface area contributed by atoms with Crippen molar-refractivity contribution in [3.8, 4) is 0 Å². The molecule has 1 saturated heterocycles. The van der Waals surface area contributed by atoms with E-state index in [0.717, 1.165) is 4.31 Å². The summed E-state index contributed by atoms with van der Waals surface area (Å²) in [7, 11) is -3.59. The maximum atomic E-state index is 11.9. The van der Waals surface area contributed by atoms with E-state index >= 15 is 0 Å². The van der Waals surface area contributed by atoms with Crippen molar-refractivity contribution in [3.63, 3.8) is 0 Å². The molecular formula is C10H19NO5S. The molecule has 2 N–H and O–H groups in total. The van der Waals surface area contributed by atoms with Gasteiger partial charge in [0, 0.05) is 13.0 Å². The Morgan fingerprint density at radius 1 is 1.47 bits per heavy atom. The number of aliphatic carboxylic acids is 1. The molecule has 2 atom stereocenters. The number of carboxylic acid groups (broad SMARTS) is 1. The second-order valence-corrected chi connectivity index (χ2v) is 6.85. The smallest absolute Gasteiger partial charge is 0.322 e. The first kappa shape index (κ1) is 14.4. The highest BCUT2D eigenvalue weighted by Crippen LogP contribution is 2.23. The van der Waals surface area contributed by atoms with Gasteiger partial charge in [-0.25, -0.2) is 8.42 Å². The van der Waals surface area contributed by atoms with Crippen molar-refractivity contribution in [2.75, 3.05) is 12.3 Å². The van der Waals surface area contributed by atoms with E-state index in [1.165, 1.54) is 0 Å². The molecule has 0 radical (unpaired) electrons. The third-order valence-corrected chi connectivity index (χ3v) is 4.70. The molecule has 1 aliphatic rings. The molecule has 100 valence electrons. The van der Waals surface area contributed by atoms with E-state index in [4.69, 9.17) is 5.11 Å². The Morgan fingerprint density at radius 3 is 2.53 bits per heavy atom. The summed E-state index contributed by atoms with van der Waals surface area (Å²) < 4.78 is 24.8. The average molecular weight is 265 g/mol. The van der Waals surface area contributed by atoms with Crippen LogP contribution in [-0.4, -0.2) is 53.3 Å². The lowest BCUT2D eigenvalue weighted by molar-refractivity contribution is -0.140. The molecule has 0 aliphatic carbocycles. The fraction of sp³-hybridized carbons (Fsp3) is 0.900. The summed E-state index contributed by atoms with van der Waals surface area (Å²) >= 11 is 0. The molecule has 0 spiro atoms. The Balaban J connectivity index is 2.79. The molecule has 0 aromatic heterocycles. The lowest BCUT2D eigenvalue weighted by atomic mass is 10.2. The minimum absolute atomic E-state index is 0.0315. The number of hydrogen-bond donors (Lipinski definition) is 2. The van der Waals surface area contributed by atoms with Gasteiger partial charge < -0.3 is 10.2 Å². The summed E-state index contributed by atoms with van der Waals surface area (Å²) in [5, 5.41) is 18.3. The number of β-amino-alcohol motifs (C(OH)–C–C–N with tert-alkyl or cyclic N) is 1. The molecule has 17 heavy (non-hydrogen) atoms. The minimum atomic E-state index is -3.59. The van der Waals surface area contributed by atoms with E-state index in [1.54, 1.807) is 0 Å². The van der Waals surface area contributed by atoms with Gasteiger partial charge >= 0.3 is 5.97 Å². The van der Waals surface area contributed by atoms with Crippen LogP contribution in [0.2, 0.25) is 0 Å². The van der Waals surface area contributed by atoms with E-state index in [2.05, 4.69) is 0 Å². The van der Waals surface area contributed by atoms with Gasteiger partial charge in [-0.1, -0.05) is 13.8 Å². The van der Waals surface area contributed by atoms with Crippen molar-refractivity contribution in [2.24, 2.45) is 5.92 Å². The van der Waals surface area contributed by atoms with Crippen molar-refractivity contribution < 1.29 is 23.4 Å². The van der Waals surface area contributed by atoms with Crippen LogP contribution in [0.1, 0.15) is 26.7 Å². The molecule has 1 heterocycles. The highest BCUT2D eigenvalue weighted by Gasteiger charge is 2.42. The Labute approximate surface area is 101 Å². The van der Waals surface area contributed by atoms with E-state index in [0.29, 0.717) is 6.42 Å². The van der Waals surface area contributed by atoms with Gasteiger partial charge in [-0.2, -0.15) is 4.31 Å². The molecule has 1 rings (SSSR count). The summed E-state index contributed by atoms with van der Waals surface area (Å²) in [6.07, 6.45) is -0.428. The quantitative estimate of drug-likeness (QED) is 0.722. The Hall–Kier alpha value is -0.660. The maximum Gasteiger partial charge on any atom is 0.322 e.